The molecule has 0 saturated heterocycles. The van der Waals surface area contributed by atoms with Crippen LogP contribution in [0.25, 0.3) is 0 Å². The van der Waals surface area contributed by atoms with Gasteiger partial charge in [-0.05, 0) is 31.9 Å². The van der Waals surface area contributed by atoms with Crippen molar-refractivity contribution in [1.29, 1.82) is 0 Å². The average molecular weight is 275 g/mol. The zero-order valence-electron chi connectivity index (χ0n) is 10.9. The summed E-state index contributed by atoms with van der Waals surface area (Å²) in [6.45, 7) is 1.82. The van der Waals surface area contributed by atoms with E-state index >= 15 is 0 Å². The molecule has 2 aromatic heterocycles. The number of aryl methyl sites for hydroxylation is 1. The molecule has 7 nitrogen and oxygen atoms in total. The van der Waals surface area contributed by atoms with Crippen molar-refractivity contribution in [3.05, 3.63) is 45.5 Å². The molecule has 0 spiro atoms. The summed E-state index contributed by atoms with van der Waals surface area (Å²) in [4.78, 5) is 27.3. The van der Waals surface area contributed by atoms with Gasteiger partial charge in [0.15, 0.2) is 5.82 Å². The van der Waals surface area contributed by atoms with E-state index in [2.05, 4.69) is 10.1 Å². The molecule has 0 amide bonds. The van der Waals surface area contributed by atoms with Crippen LogP contribution in [0.1, 0.15) is 46.5 Å². The molecular formula is C13H13N3O4. The SMILES string of the molecule is Cc1ccc(C(=O)O)c(=O)n1Cc1nc(C2CC2)no1. The van der Waals surface area contributed by atoms with Crippen molar-refractivity contribution in [2.45, 2.75) is 32.2 Å². The first-order valence-corrected chi connectivity index (χ1v) is 6.32. The summed E-state index contributed by atoms with van der Waals surface area (Å²) in [5.41, 5.74) is -0.188. The standard InChI is InChI=1S/C13H13N3O4/c1-7-2-5-9(13(18)19)12(17)16(7)6-10-14-11(15-20-10)8-3-4-8/h2,5,8H,3-4,6H2,1H3,(H,18,19). The third kappa shape index (κ3) is 2.22. The van der Waals surface area contributed by atoms with Crippen LogP contribution in [0.15, 0.2) is 21.5 Å². The molecule has 0 radical (unpaired) electrons. The number of aromatic carboxylic acids is 1. The number of carboxylic acid groups (broad SMARTS) is 1. The van der Waals surface area contributed by atoms with Gasteiger partial charge in [0.05, 0.1) is 0 Å². The Kier molecular flexibility index (Phi) is 2.89. The first-order valence-electron chi connectivity index (χ1n) is 6.32. The maximum absolute atomic E-state index is 12.1. The van der Waals surface area contributed by atoms with Gasteiger partial charge in [-0.1, -0.05) is 5.16 Å². The number of rotatable bonds is 4. The first kappa shape index (κ1) is 12.6. The molecule has 20 heavy (non-hydrogen) atoms. The second kappa shape index (κ2) is 4.59. The topological polar surface area (TPSA) is 98.2 Å². The van der Waals surface area contributed by atoms with E-state index in [9.17, 15) is 9.59 Å². The molecule has 7 heteroatoms. The predicted molar refractivity (Wildman–Crippen MR) is 67.8 cm³/mol. The van der Waals surface area contributed by atoms with E-state index < -0.39 is 11.5 Å². The molecule has 1 aliphatic carbocycles. The van der Waals surface area contributed by atoms with Gasteiger partial charge in [-0.25, -0.2) is 4.79 Å². The first-order chi connectivity index (χ1) is 9.56. The third-order valence-corrected chi connectivity index (χ3v) is 3.34. The lowest BCUT2D eigenvalue weighted by Crippen LogP contribution is -2.28. The number of carboxylic acids is 1. The fourth-order valence-corrected chi connectivity index (χ4v) is 2.00. The molecule has 2 heterocycles. The monoisotopic (exact) mass is 275 g/mol. The minimum atomic E-state index is -1.24. The van der Waals surface area contributed by atoms with Crippen LogP contribution in [0.3, 0.4) is 0 Å². The molecule has 0 aromatic carbocycles. The third-order valence-electron chi connectivity index (χ3n) is 3.34. The van der Waals surface area contributed by atoms with Gasteiger partial charge in [0, 0.05) is 11.6 Å². The molecule has 1 fully saturated rings. The Morgan fingerprint density at radius 3 is 2.90 bits per heavy atom. The van der Waals surface area contributed by atoms with Crippen LogP contribution >= 0.6 is 0 Å². The highest BCUT2D eigenvalue weighted by Crippen LogP contribution is 2.38. The summed E-state index contributed by atoms with van der Waals surface area (Å²) in [5.74, 6) is 0.114. The van der Waals surface area contributed by atoms with Crippen LogP contribution in [-0.2, 0) is 6.54 Å². The van der Waals surface area contributed by atoms with Crippen LogP contribution in [0.5, 0.6) is 0 Å². The summed E-state index contributed by atoms with van der Waals surface area (Å²) < 4.78 is 6.44. The number of aromatic nitrogens is 3. The van der Waals surface area contributed by atoms with Gasteiger partial charge in [0.25, 0.3) is 5.56 Å². The fraction of sp³-hybridized carbons (Fsp3) is 0.385. The molecule has 2 aromatic rings. The highest BCUT2D eigenvalue weighted by Gasteiger charge is 2.28. The van der Waals surface area contributed by atoms with E-state index in [4.69, 9.17) is 9.63 Å². The summed E-state index contributed by atoms with van der Waals surface area (Å²) >= 11 is 0. The highest BCUT2D eigenvalue weighted by molar-refractivity contribution is 5.87. The summed E-state index contributed by atoms with van der Waals surface area (Å²) in [7, 11) is 0. The van der Waals surface area contributed by atoms with Gasteiger partial charge < -0.3 is 14.2 Å². The molecule has 0 aliphatic heterocycles. The van der Waals surface area contributed by atoms with E-state index in [1.807, 2.05) is 0 Å². The van der Waals surface area contributed by atoms with Crippen molar-refractivity contribution in [1.82, 2.24) is 14.7 Å². The van der Waals surface area contributed by atoms with Crippen molar-refractivity contribution in [3.8, 4) is 0 Å². The Balaban J connectivity index is 1.94. The van der Waals surface area contributed by atoms with Crippen molar-refractivity contribution in [3.63, 3.8) is 0 Å². The Hall–Kier alpha value is -2.44. The molecule has 1 N–H and O–H groups in total. The molecule has 0 atom stereocenters. The quantitative estimate of drug-likeness (QED) is 0.899. The lowest BCUT2D eigenvalue weighted by Gasteiger charge is -2.07. The van der Waals surface area contributed by atoms with Gasteiger partial charge in [-0.3, -0.25) is 4.79 Å². The molecule has 1 aliphatic rings. The second-order valence-corrected chi connectivity index (χ2v) is 4.91. The summed E-state index contributed by atoms with van der Waals surface area (Å²) in [6, 6.07) is 2.89. The minimum Gasteiger partial charge on any atom is -0.477 e. The lowest BCUT2D eigenvalue weighted by atomic mass is 10.2. The molecule has 1 saturated carbocycles. The number of pyridine rings is 1. The average Bonchev–Trinajstić information content (AvgIpc) is 3.14. The zero-order chi connectivity index (χ0) is 14.3. The fourth-order valence-electron chi connectivity index (χ4n) is 2.00. The van der Waals surface area contributed by atoms with Gasteiger partial charge in [-0.15, -0.1) is 0 Å². The summed E-state index contributed by atoms with van der Waals surface area (Å²) in [6.07, 6.45) is 2.12. The largest absolute Gasteiger partial charge is 0.477 e. The Bertz CT molecular complexity index is 727. The molecule has 3 rings (SSSR count). The number of nitrogens with zero attached hydrogens (tertiary/aromatic N) is 3. The van der Waals surface area contributed by atoms with Gasteiger partial charge in [0.1, 0.15) is 12.1 Å². The molecular weight excluding hydrogens is 262 g/mol. The van der Waals surface area contributed by atoms with E-state index in [-0.39, 0.29) is 12.1 Å². The van der Waals surface area contributed by atoms with Crippen LogP contribution in [0, 0.1) is 6.92 Å². The zero-order valence-corrected chi connectivity index (χ0v) is 10.9. The van der Waals surface area contributed by atoms with Crippen molar-refractivity contribution in [2.24, 2.45) is 0 Å². The van der Waals surface area contributed by atoms with E-state index in [0.29, 0.717) is 23.3 Å². The van der Waals surface area contributed by atoms with Crippen molar-refractivity contribution < 1.29 is 14.4 Å². The Morgan fingerprint density at radius 1 is 1.50 bits per heavy atom. The lowest BCUT2D eigenvalue weighted by molar-refractivity contribution is 0.0694. The van der Waals surface area contributed by atoms with Crippen LogP contribution in [-0.4, -0.2) is 25.8 Å². The Labute approximate surface area is 113 Å². The van der Waals surface area contributed by atoms with E-state index in [1.54, 1.807) is 13.0 Å². The van der Waals surface area contributed by atoms with Crippen LogP contribution in [0.4, 0.5) is 0 Å². The number of hydrogen-bond donors (Lipinski definition) is 1. The maximum atomic E-state index is 12.1. The van der Waals surface area contributed by atoms with E-state index in [0.717, 1.165) is 12.8 Å². The van der Waals surface area contributed by atoms with E-state index in [1.165, 1.54) is 10.6 Å². The normalized spacial score (nSPS) is 14.4. The summed E-state index contributed by atoms with van der Waals surface area (Å²) in [5, 5.41) is 12.8. The minimum absolute atomic E-state index is 0.0888. The highest BCUT2D eigenvalue weighted by atomic mass is 16.5. The number of carbonyl (C=O) groups is 1. The number of hydrogen-bond acceptors (Lipinski definition) is 5. The molecule has 104 valence electrons. The van der Waals surface area contributed by atoms with Crippen LogP contribution < -0.4 is 5.56 Å². The molecule has 0 unspecified atom stereocenters. The van der Waals surface area contributed by atoms with Gasteiger partial charge in [0.2, 0.25) is 5.89 Å². The maximum Gasteiger partial charge on any atom is 0.341 e. The molecule has 0 bridgehead atoms. The van der Waals surface area contributed by atoms with Crippen molar-refractivity contribution >= 4 is 5.97 Å². The van der Waals surface area contributed by atoms with Gasteiger partial charge >= 0.3 is 5.97 Å². The van der Waals surface area contributed by atoms with Gasteiger partial charge in [-0.2, -0.15) is 4.98 Å². The van der Waals surface area contributed by atoms with Crippen molar-refractivity contribution in [2.75, 3.05) is 0 Å². The Morgan fingerprint density at radius 2 is 2.25 bits per heavy atom. The smallest absolute Gasteiger partial charge is 0.341 e. The van der Waals surface area contributed by atoms with Crippen LogP contribution in [0.2, 0.25) is 0 Å². The second-order valence-electron chi connectivity index (χ2n) is 4.91. The predicted octanol–water partition coefficient (Wildman–Crippen LogP) is 1.16.